The summed E-state index contributed by atoms with van der Waals surface area (Å²) in [6, 6.07) is 17.2. The molecule has 0 N–H and O–H groups in total. The van der Waals surface area contributed by atoms with Gasteiger partial charge in [-0.25, -0.2) is 0 Å². The molecule has 3 unspecified atom stereocenters. The van der Waals surface area contributed by atoms with Crippen LogP contribution in [0.1, 0.15) is 31.4 Å². The van der Waals surface area contributed by atoms with Gasteiger partial charge in [0.25, 0.3) is 0 Å². The summed E-state index contributed by atoms with van der Waals surface area (Å²) in [5.41, 5.74) is 1.92. The number of esters is 2. The van der Waals surface area contributed by atoms with Crippen LogP contribution in [0.3, 0.4) is 0 Å². The number of methoxy groups -OCH3 is 1. The van der Waals surface area contributed by atoms with Crippen molar-refractivity contribution in [3.8, 4) is 5.75 Å². The van der Waals surface area contributed by atoms with Gasteiger partial charge in [0.2, 0.25) is 6.29 Å². The molecule has 4 atom stereocenters. The van der Waals surface area contributed by atoms with E-state index in [0.29, 0.717) is 13.0 Å². The summed E-state index contributed by atoms with van der Waals surface area (Å²) in [6.07, 6.45) is -2.23. The second kappa shape index (κ2) is 12.3. The zero-order chi connectivity index (χ0) is 23.6. The van der Waals surface area contributed by atoms with E-state index in [1.807, 2.05) is 54.6 Å². The van der Waals surface area contributed by atoms with Crippen LogP contribution in [0.5, 0.6) is 5.75 Å². The third kappa shape index (κ3) is 7.85. The van der Waals surface area contributed by atoms with E-state index in [-0.39, 0.29) is 13.2 Å². The van der Waals surface area contributed by atoms with Crippen molar-refractivity contribution in [1.82, 2.24) is 0 Å². The number of benzene rings is 2. The molecule has 1 saturated heterocycles. The Balaban J connectivity index is 1.75. The largest absolute Gasteiger partial charge is 0.497 e. The van der Waals surface area contributed by atoms with Gasteiger partial charge >= 0.3 is 11.9 Å². The topological polar surface area (TPSA) is 89.5 Å². The summed E-state index contributed by atoms with van der Waals surface area (Å²) in [4.78, 5) is 23.0. The maximum absolute atomic E-state index is 11.8. The monoisotopic (exact) mass is 458 g/mol. The lowest BCUT2D eigenvalue weighted by Crippen LogP contribution is -2.53. The predicted octanol–water partition coefficient (Wildman–Crippen LogP) is 3.41. The molecule has 0 saturated carbocycles. The SMILES string of the molecule is COc1ccc(COC2C(OC(C)=O)OC(COC(C)=O)C[C@H]2OCc2ccccc2)cc1. The van der Waals surface area contributed by atoms with Crippen molar-refractivity contribution in [1.29, 1.82) is 0 Å². The minimum Gasteiger partial charge on any atom is -0.497 e. The lowest BCUT2D eigenvalue weighted by molar-refractivity contribution is -0.282. The van der Waals surface area contributed by atoms with Gasteiger partial charge in [-0.1, -0.05) is 42.5 Å². The third-order valence-corrected chi connectivity index (χ3v) is 5.12. The fraction of sp³-hybridized carbons (Fsp3) is 0.440. The molecule has 1 aliphatic heterocycles. The first-order valence-corrected chi connectivity index (χ1v) is 10.8. The molecule has 0 amide bonds. The minimum atomic E-state index is -1.00. The normalized spacial score (nSPS) is 22.4. The van der Waals surface area contributed by atoms with Crippen LogP contribution >= 0.6 is 0 Å². The van der Waals surface area contributed by atoms with Gasteiger partial charge in [-0.3, -0.25) is 9.59 Å². The van der Waals surface area contributed by atoms with E-state index >= 15 is 0 Å². The van der Waals surface area contributed by atoms with Gasteiger partial charge in [-0.2, -0.15) is 0 Å². The number of rotatable bonds is 10. The second-order valence-electron chi connectivity index (χ2n) is 7.73. The van der Waals surface area contributed by atoms with Crippen LogP contribution in [0.2, 0.25) is 0 Å². The summed E-state index contributed by atoms with van der Waals surface area (Å²) in [6.45, 7) is 3.27. The number of carbonyl (C=O) groups excluding carboxylic acids is 2. The van der Waals surface area contributed by atoms with Crippen LogP contribution in [-0.2, 0) is 46.5 Å². The van der Waals surface area contributed by atoms with Gasteiger partial charge in [-0.15, -0.1) is 0 Å². The van der Waals surface area contributed by atoms with Gasteiger partial charge < -0.3 is 28.4 Å². The fourth-order valence-electron chi connectivity index (χ4n) is 3.51. The Morgan fingerprint density at radius 2 is 1.58 bits per heavy atom. The smallest absolute Gasteiger partial charge is 0.305 e. The standard InChI is InChI=1S/C25H30O8/c1-17(26)29-16-22-13-23(30-14-19-7-5-4-6-8-19)24(25(33-22)32-18(2)27)31-15-20-9-11-21(28-3)12-10-20/h4-12,22-25H,13-16H2,1-3H3/t22?,23-,24?,25?/m1/s1. The van der Waals surface area contributed by atoms with Crippen LogP contribution in [-0.4, -0.2) is 50.3 Å². The Kier molecular flexibility index (Phi) is 9.24. The number of ether oxygens (including phenoxy) is 6. The highest BCUT2D eigenvalue weighted by atomic mass is 16.7. The fourth-order valence-corrected chi connectivity index (χ4v) is 3.51. The third-order valence-electron chi connectivity index (χ3n) is 5.12. The zero-order valence-electron chi connectivity index (χ0n) is 19.1. The first-order chi connectivity index (χ1) is 15.9. The lowest BCUT2D eigenvalue weighted by Gasteiger charge is -2.40. The van der Waals surface area contributed by atoms with Gasteiger partial charge in [0.05, 0.1) is 32.5 Å². The quantitative estimate of drug-likeness (QED) is 0.501. The van der Waals surface area contributed by atoms with Crippen molar-refractivity contribution in [2.75, 3.05) is 13.7 Å². The summed E-state index contributed by atoms with van der Waals surface area (Å²) in [5.74, 6) is -0.176. The van der Waals surface area contributed by atoms with Crippen LogP contribution < -0.4 is 4.74 Å². The lowest BCUT2D eigenvalue weighted by atomic mass is 10.0. The van der Waals surface area contributed by atoms with E-state index in [1.54, 1.807) is 7.11 Å². The van der Waals surface area contributed by atoms with Crippen molar-refractivity contribution in [3.05, 3.63) is 65.7 Å². The van der Waals surface area contributed by atoms with Gasteiger partial charge in [0.15, 0.2) is 0 Å². The molecule has 8 nitrogen and oxygen atoms in total. The summed E-state index contributed by atoms with van der Waals surface area (Å²) in [7, 11) is 1.61. The minimum absolute atomic E-state index is 0.0312. The van der Waals surface area contributed by atoms with Crippen LogP contribution in [0.25, 0.3) is 0 Å². The average molecular weight is 459 g/mol. The zero-order valence-corrected chi connectivity index (χ0v) is 19.1. The molecule has 0 aromatic heterocycles. The molecular weight excluding hydrogens is 428 g/mol. The first-order valence-electron chi connectivity index (χ1n) is 10.8. The maximum atomic E-state index is 11.8. The molecule has 1 fully saturated rings. The Labute approximate surface area is 193 Å². The number of hydrogen-bond donors (Lipinski definition) is 0. The second-order valence-corrected chi connectivity index (χ2v) is 7.73. The van der Waals surface area contributed by atoms with E-state index < -0.39 is 36.5 Å². The van der Waals surface area contributed by atoms with E-state index in [2.05, 4.69) is 0 Å². The summed E-state index contributed by atoms with van der Waals surface area (Å²) in [5, 5.41) is 0. The molecular formula is C25H30O8. The van der Waals surface area contributed by atoms with E-state index in [9.17, 15) is 9.59 Å². The van der Waals surface area contributed by atoms with Gasteiger partial charge in [-0.05, 0) is 23.3 Å². The van der Waals surface area contributed by atoms with Crippen molar-refractivity contribution in [3.63, 3.8) is 0 Å². The maximum Gasteiger partial charge on any atom is 0.305 e. The van der Waals surface area contributed by atoms with Gasteiger partial charge in [0.1, 0.15) is 18.5 Å². The van der Waals surface area contributed by atoms with E-state index in [1.165, 1.54) is 13.8 Å². The van der Waals surface area contributed by atoms with E-state index in [4.69, 9.17) is 28.4 Å². The molecule has 0 aliphatic carbocycles. The van der Waals surface area contributed by atoms with Crippen LogP contribution in [0.15, 0.2) is 54.6 Å². The highest BCUT2D eigenvalue weighted by molar-refractivity contribution is 5.66. The van der Waals surface area contributed by atoms with Gasteiger partial charge in [0, 0.05) is 20.3 Å². The first kappa shape index (κ1) is 24.7. The van der Waals surface area contributed by atoms with Crippen molar-refractivity contribution >= 4 is 11.9 Å². The number of hydrogen-bond acceptors (Lipinski definition) is 8. The molecule has 3 rings (SSSR count). The Morgan fingerprint density at radius 3 is 2.21 bits per heavy atom. The molecule has 2 aromatic rings. The van der Waals surface area contributed by atoms with Crippen molar-refractivity contribution < 1.29 is 38.0 Å². The molecule has 0 bridgehead atoms. The Bertz CT molecular complexity index is 883. The molecule has 33 heavy (non-hydrogen) atoms. The predicted molar refractivity (Wildman–Crippen MR) is 118 cm³/mol. The average Bonchev–Trinajstić information content (AvgIpc) is 2.81. The Hall–Kier alpha value is -2.94. The van der Waals surface area contributed by atoms with E-state index in [0.717, 1.165) is 16.9 Å². The molecule has 0 radical (unpaired) electrons. The van der Waals surface area contributed by atoms with Crippen molar-refractivity contribution in [2.45, 2.75) is 58.1 Å². The molecule has 8 heteroatoms. The molecule has 0 spiro atoms. The summed E-state index contributed by atoms with van der Waals surface area (Å²) < 4.78 is 34.0. The van der Waals surface area contributed by atoms with Crippen molar-refractivity contribution in [2.24, 2.45) is 0 Å². The number of carbonyl (C=O) groups is 2. The molecule has 1 aliphatic rings. The summed E-state index contributed by atoms with van der Waals surface area (Å²) >= 11 is 0. The molecule has 178 valence electrons. The van der Waals surface area contributed by atoms with Crippen LogP contribution in [0.4, 0.5) is 0 Å². The highest BCUT2D eigenvalue weighted by Gasteiger charge is 2.42. The Morgan fingerprint density at radius 1 is 0.909 bits per heavy atom. The highest BCUT2D eigenvalue weighted by Crippen LogP contribution is 2.28. The molecule has 1 heterocycles. The molecule has 2 aromatic carbocycles. The van der Waals surface area contributed by atoms with Crippen LogP contribution in [0, 0.1) is 0 Å².